The van der Waals surface area contributed by atoms with Gasteiger partial charge in [0.15, 0.2) is 4.77 Å². The molecule has 0 aliphatic carbocycles. The third-order valence-corrected chi connectivity index (χ3v) is 3.88. The first kappa shape index (κ1) is 13.9. The summed E-state index contributed by atoms with van der Waals surface area (Å²) in [6.45, 7) is 3.63. The normalized spacial score (nSPS) is 10.9. The van der Waals surface area contributed by atoms with E-state index < -0.39 is 0 Å². The van der Waals surface area contributed by atoms with Crippen LogP contribution in [0.5, 0.6) is 5.75 Å². The highest BCUT2D eigenvalue weighted by molar-refractivity contribution is 7.71. The van der Waals surface area contributed by atoms with Gasteiger partial charge >= 0.3 is 0 Å². The van der Waals surface area contributed by atoms with Crippen molar-refractivity contribution in [2.24, 2.45) is 0 Å². The fourth-order valence-corrected chi connectivity index (χ4v) is 2.77. The van der Waals surface area contributed by atoms with Crippen molar-refractivity contribution in [3.8, 4) is 5.75 Å². The zero-order valence-corrected chi connectivity index (χ0v) is 12.8. The van der Waals surface area contributed by atoms with Crippen LogP contribution in [0.2, 0.25) is 0 Å². The van der Waals surface area contributed by atoms with Gasteiger partial charge in [-0.3, -0.25) is 0 Å². The molecule has 0 atom stereocenters. The number of hydrogen-bond donors (Lipinski definition) is 1. The van der Waals surface area contributed by atoms with Gasteiger partial charge in [0.05, 0.1) is 17.6 Å². The minimum atomic E-state index is 0.685. The molecule has 0 aliphatic rings. The molecule has 3 nitrogen and oxygen atoms in total. The van der Waals surface area contributed by atoms with E-state index in [9.17, 15) is 0 Å². The zero-order valence-electron chi connectivity index (χ0n) is 12.0. The molecule has 0 bridgehead atoms. The fourth-order valence-electron chi connectivity index (χ4n) is 2.48. The van der Waals surface area contributed by atoms with Gasteiger partial charge in [-0.15, -0.1) is 0 Å². The molecule has 108 valence electrons. The Hall–Kier alpha value is -2.07. The number of aryl methyl sites for hydroxylation is 2. The SMILES string of the molecule is Cc1cccc2c1[nH]c(=S)n2CCCOc1ccccc1. The van der Waals surface area contributed by atoms with Crippen molar-refractivity contribution < 1.29 is 4.74 Å². The number of aromatic nitrogens is 2. The molecule has 0 aliphatic heterocycles. The Bertz CT molecular complexity index is 789. The molecule has 0 unspecified atom stereocenters. The molecule has 0 fully saturated rings. The lowest BCUT2D eigenvalue weighted by atomic mass is 10.2. The van der Waals surface area contributed by atoms with Crippen LogP contribution >= 0.6 is 12.2 Å². The first-order valence-corrected chi connectivity index (χ1v) is 7.52. The van der Waals surface area contributed by atoms with Crippen LogP contribution in [0.25, 0.3) is 11.0 Å². The van der Waals surface area contributed by atoms with Crippen LogP contribution in [0.1, 0.15) is 12.0 Å². The molecule has 21 heavy (non-hydrogen) atoms. The van der Waals surface area contributed by atoms with Crippen molar-refractivity contribution in [1.29, 1.82) is 0 Å². The smallest absolute Gasteiger partial charge is 0.178 e. The Morgan fingerprint density at radius 2 is 1.90 bits per heavy atom. The number of fused-ring (bicyclic) bond motifs is 1. The molecular formula is C17H18N2OS. The molecule has 3 rings (SSSR count). The van der Waals surface area contributed by atoms with Crippen molar-refractivity contribution in [2.45, 2.75) is 19.9 Å². The summed E-state index contributed by atoms with van der Waals surface area (Å²) >= 11 is 5.42. The molecular weight excluding hydrogens is 280 g/mol. The van der Waals surface area contributed by atoms with Gasteiger partial charge in [0, 0.05) is 6.54 Å². The largest absolute Gasteiger partial charge is 0.494 e. The molecule has 4 heteroatoms. The van der Waals surface area contributed by atoms with Crippen LogP contribution in [-0.4, -0.2) is 16.2 Å². The van der Waals surface area contributed by atoms with Crippen LogP contribution in [-0.2, 0) is 6.54 Å². The van der Waals surface area contributed by atoms with Crippen LogP contribution in [0, 0.1) is 11.7 Å². The highest BCUT2D eigenvalue weighted by Gasteiger charge is 2.05. The van der Waals surface area contributed by atoms with Crippen LogP contribution < -0.4 is 4.74 Å². The minimum absolute atomic E-state index is 0.685. The monoisotopic (exact) mass is 298 g/mol. The molecule has 0 saturated heterocycles. The maximum absolute atomic E-state index is 5.72. The minimum Gasteiger partial charge on any atom is -0.494 e. The van der Waals surface area contributed by atoms with Gasteiger partial charge in [0.25, 0.3) is 0 Å². The second-order valence-corrected chi connectivity index (χ2v) is 5.45. The van der Waals surface area contributed by atoms with E-state index >= 15 is 0 Å². The van der Waals surface area contributed by atoms with Gasteiger partial charge in [-0.2, -0.15) is 0 Å². The molecule has 1 N–H and O–H groups in total. The van der Waals surface area contributed by atoms with Crippen molar-refractivity contribution in [3.05, 3.63) is 58.9 Å². The standard InChI is InChI=1S/C17H18N2OS/c1-13-7-5-10-15-16(13)18-17(21)19(15)11-6-12-20-14-8-3-2-4-9-14/h2-5,7-10H,6,11-12H2,1H3,(H,18,21). The van der Waals surface area contributed by atoms with Crippen molar-refractivity contribution in [3.63, 3.8) is 0 Å². The number of aromatic amines is 1. The summed E-state index contributed by atoms with van der Waals surface area (Å²) in [4.78, 5) is 3.29. The Morgan fingerprint density at radius 1 is 1.10 bits per heavy atom. The van der Waals surface area contributed by atoms with Gasteiger partial charge in [-0.05, 0) is 49.3 Å². The quantitative estimate of drug-likeness (QED) is 0.556. The molecule has 0 amide bonds. The molecule has 0 saturated carbocycles. The first-order chi connectivity index (χ1) is 10.3. The fraction of sp³-hybridized carbons (Fsp3) is 0.235. The lowest BCUT2D eigenvalue weighted by Gasteiger charge is -2.07. The van der Waals surface area contributed by atoms with E-state index in [4.69, 9.17) is 17.0 Å². The number of H-pyrrole nitrogens is 1. The van der Waals surface area contributed by atoms with Crippen molar-refractivity contribution in [2.75, 3.05) is 6.61 Å². The Morgan fingerprint density at radius 3 is 2.71 bits per heavy atom. The predicted octanol–water partition coefficient (Wildman–Crippen LogP) is 4.48. The number of para-hydroxylation sites is 2. The van der Waals surface area contributed by atoms with Gasteiger partial charge in [-0.1, -0.05) is 30.3 Å². The van der Waals surface area contributed by atoms with Gasteiger partial charge in [-0.25, -0.2) is 0 Å². The number of nitrogens with one attached hydrogen (secondary N) is 1. The summed E-state index contributed by atoms with van der Waals surface area (Å²) in [5.74, 6) is 0.913. The summed E-state index contributed by atoms with van der Waals surface area (Å²) in [6, 6.07) is 16.2. The van der Waals surface area contributed by atoms with E-state index in [0.717, 1.165) is 29.0 Å². The van der Waals surface area contributed by atoms with E-state index in [1.165, 1.54) is 11.1 Å². The summed E-state index contributed by atoms with van der Waals surface area (Å²) in [6.07, 6.45) is 0.921. The summed E-state index contributed by atoms with van der Waals surface area (Å²) in [5, 5.41) is 0. The molecule has 1 heterocycles. The van der Waals surface area contributed by atoms with Gasteiger partial charge in [0.2, 0.25) is 0 Å². The van der Waals surface area contributed by atoms with Crippen LogP contribution in [0.15, 0.2) is 48.5 Å². The number of imidazole rings is 1. The highest BCUT2D eigenvalue weighted by Crippen LogP contribution is 2.18. The Labute approximate surface area is 129 Å². The average Bonchev–Trinajstić information content (AvgIpc) is 2.82. The molecule has 2 aromatic carbocycles. The Balaban J connectivity index is 1.67. The predicted molar refractivity (Wildman–Crippen MR) is 88.4 cm³/mol. The third kappa shape index (κ3) is 3.00. The number of benzene rings is 2. The second-order valence-electron chi connectivity index (χ2n) is 5.07. The van der Waals surface area contributed by atoms with Crippen molar-refractivity contribution >= 4 is 23.3 Å². The summed E-state index contributed by atoms with van der Waals surface area (Å²) < 4.78 is 8.64. The maximum Gasteiger partial charge on any atom is 0.178 e. The van der Waals surface area contributed by atoms with E-state index in [1.807, 2.05) is 30.3 Å². The lowest BCUT2D eigenvalue weighted by molar-refractivity contribution is 0.302. The number of nitrogens with zero attached hydrogens (tertiary/aromatic N) is 1. The van der Waals surface area contributed by atoms with E-state index in [2.05, 4.69) is 34.7 Å². The zero-order chi connectivity index (χ0) is 14.7. The molecule has 0 radical (unpaired) electrons. The van der Waals surface area contributed by atoms with Crippen molar-refractivity contribution in [1.82, 2.24) is 9.55 Å². The summed E-state index contributed by atoms with van der Waals surface area (Å²) in [5.41, 5.74) is 3.52. The molecule has 0 spiro atoms. The Kier molecular flexibility index (Phi) is 4.06. The first-order valence-electron chi connectivity index (χ1n) is 7.12. The molecule has 1 aromatic heterocycles. The van der Waals surface area contributed by atoms with E-state index in [1.54, 1.807) is 0 Å². The van der Waals surface area contributed by atoms with Crippen LogP contribution in [0.3, 0.4) is 0 Å². The second kappa shape index (κ2) is 6.14. The highest BCUT2D eigenvalue weighted by atomic mass is 32.1. The maximum atomic E-state index is 5.72. The number of rotatable bonds is 5. The third-order valence-electron chi connectivity index (χ3n) is 3.56. The topological polar surface area (TPSA) is 29.9 Å². The van der Waals surface area contributed by atoms with Gasteiger partial charge in [0.1, 0.15) is 5.75 Å². The summed E-state index contributed by atoms with van der Waals surface area (Å²) in [7, 11) is 0. The van der Waals surface area contributed by atoms with Crippen LogP contribution in [0.4, 0.5) is 0 Å². The average molecular weight is 298 g/mol. The lowest BCUT2D eigenvalue weighted by Crippen LogP contribution is -2.04. The molecule has 3 aromatic rings. The number of hydrogen-bond acceptors (Lipinski definition) is 2. The van der Waals surface area contributed by atoms with E-state index in [0.29, 0.717) is 6.61 Å². The van der Waals surface area contributed by atoms with Gasteiger partial charge < -0.3 is 14.3 Å². The number of ether oxygens (including phenoxy) is 1. The van der Waals surface area contributed by atoms with E-state index in [-0.39, 0.29) is 0 Å².